The molecule has 2 fully saturated rings. The highest BCUT2D eigenvalue weighted by atomic mass is 16.5. The summed E-state index contributed by atoms with van der Waals surface area (Å²) in [5.41, 5.74) is 1.45. The monoisotopic (exact) mass is 538 g/mol. The summed E-state index contributed by atoms with van der Waals surface area (Å²) in [5.74, 6) is -1.25. The molecule has 3 heterocycles. The van der Waals surface area contributed by atoms with Crippen molar-refractivity contribution in [3.63, 3.8) is 0 Å². The van der Waals surface area contributed by atoms with Gasteiger partial charge in [0.15, 0.2) is 0 Å². The summed E-state index contributed by atoms with van der Waals surface area (Å²) >= 11 is 0. The van der Waals surface area contributed by atoms with Gasteiger partial charge in [-0.05, 0) is 31.2 Å². The third-order valence-corrected chi connectivity index (χ3v) is 7.05. The number of amides is 4. The number of ether oxygens (including phenoxy) is 1. The molecule has 4 atom stereocenters. The van der Waals surface area contributed by atoms with Gasteiger partial charge >= 0.3 is 6.09 Å². The molecule has 12 heteroatoms. The molecule has 4 unspecified atom stereocenters. The van der Waals surface area contributed by atoms with Gasteiger partial charge in [-0.2, -0.15) is 0 Å². The second-order valence-electron chi connectivity index (χ2n) is 9.83. The van der Waals surface area contributed by atoms with Gasteiger partial charge in [0, 0.05) is 18.7 Å². The topological polar surface area (TPSA) is 163 Å². The molecule has 208 valence electrons. The lowest BCUT2D eigenvalue weighted by molar-refractivity contribution is -0.144. The Morgan fingerprint density at radius 1 is 1.13 bits per heavy atom. The summed E-state index contributed by atoms with van der Waals surface area (Å²) in [5, 5.41) is 7.87. The summed E-state index contributed by atoms with van der Waals surface area (Å²) in [6.07, 6.45) is 7.27. The normalized spacial score (nSPS) is 21.6. The molecule has 2 aliphatic rings. The number of H-pyrrole nitrogens is 1. The van der Waals surface area contributed by atoms with Gasteiger partial charge in [0.25, 0.3) is 0 Å². The number of hydrogen-bond acceptors (Lipinski definition) is 7. The predicted octanol–water partition coefficient (Wildman–Crippen LogP) is 0.981. The number of alkyl carbamates (subject to hydrolysis) is 1. The maximum atomic E-state index is 13.6. The molecule has 4 N–H and O–H groups in total. The number of carbonyl (C=O) groups is 5. The molecule has 12 nitrogen and oxygen atoms in total. The highest BCUT2D eigenvalue weighted by Crippen LogP contribution is 2.31. The number of aromatic nitrogens is 2. The zero-order chi connectivity index (χ0) is 27.6. The number of hydrogen-bond donors (Lipinski definition) is 4. The molecule has 39 heavy (non-hydrogen) atoms. The van der Waals surface area contributed by atoms with E-state index in [-0.39, 0.29) is 31.5 Å². The van der Waals surface area contributed by atoms with Gasteiger partial charge in [-0.3, -0.25) is 14.4 Å². The standard InChI is InChI=1S/C27H34N6O6/c34-15-20(12-19-13-28-17-30-19)31-25(36)23-11-10-21-8-4-5-9-22(26(37)33(21)23)32-24(35)14-29-27(38)39-16-18-6-2-1-3-7-18/h1-3,6-7,13,15,17,20-23H,4-5,8-12,14,16H2,(H,28,30)(H,29,38)(H,31,36)(H,32,35). The van der Waals surface area contributed by atoms with Crippen LogP contribution in [0.1, 0.15) is 49.8 Å². The minimum absolute atomic E-state index is 0.0713. The Morgan fingerprint density at radius 2 is 1.92 bits per heavy atom. The van der Waals surface area contributed by atoms with E-state index in [1.807, 2.05) is 30.3 Å². The Balaban J connectivity index is 1.31. The lowest BCUT2D eigenvalue weighted by atomic mass is 9.99. The van der Waals surface area contributed by atoms with E-state index in [0.717, 1.165) is 24.8 Å². The van der Waals surface area contributed by atoms with Gasteiger partial charge in [-0.1, -0.05) is 43.2 Å². The quantitative estimate of drug-likeness (QED) is 0.328. The first-order chi connectivity index (χ1) is 18.9. The number of imidazole rings is 1. The fourth-order valence-electron chi connectivity index (χ4n) is 5.13. The van der Waals surface area contributed by atoms with Crippen LogP contribution in [0.4, 0.5) is 4.79 Å². The van der Waals surface area contributed by atoms with Gasteiger partial charge in [0.05, 0.1) is 18.1 Å². The Morgan fingerprint density at radius 3 is 2.67 bits per heavy atom. The zero-order valence-electron chi connectivity index (χ0n) is 21.6. The minimum Gasteiger partial charge on any atom is -0.445 e. The minimum atomic E-state index is -0.818. The Kier molecular flexibility index (Phi) is 9.65. The van der Waals surface area contributed by atoms with Gasteiger partial charge in [0.1, 0.15) is 31.5 Å². The van der Waals surface area contributed by atoms with Gasteiger partial charge in [-0.15, -0.1) is 0 Å². The van der Waals surface area contributed by atoms with Crippen LogP contribution in [-0.4, -0.2) is 75.7 Å². The zero-order valence-corrected chi connectivity index (χ0v) is 21.6. The number of fused-ring (bicyclic) bond motifs is 1. The van der Waals surface area contributed by atoms with Crippen molar-refractivity contribution in [1.29, 1.82) is 0 Å². The Hall–Kier alpha value is -4.22. The van der Waals surface area contributed by atoms with Crippen LogP contribution < -0.4 is 16.0 Å². The van der Waals surface area contributed by atoms with Crippen LogP contribution in [-0.2, 0) is 36.9 Å². The number of nitrogens with one attached hydrogen (secondary N) is 4. The van der Waals surface area contributed by atoms with Crippen LogP contribution in [0.5, 0.6) is 0 Å². The summed E-state index contributed by atoms with van der Waals surface area (Å²) in [6.45, 7) is -0.277. The summed E-state index contributed by atoms with van der Waals surface area (Å²) in [4.78, 5) is 71.4. The highest BCUT2D eigenvalue weighted by Gasteiger charge is 2.44. The lowest BCUT2D eigenvalue weighted by Gasteiger charge is -2.35. The molecule has 0 bridgehead atoms. The molecule has 2 aliphatic heterocycles. The van der Waals surface area contributed by atoms with Crippen LogP contribution >= 0.6 is 0 Å². The largest absolute Gasteiger partial charge is 0.445 e. The SMILES string of the molecule is O=CC(Cc1c[nH]cn1)NC(=O)C1CCC2CCCCC(NC(=O)CNC(=O)OCc3ccccc3)C(=O)N21. The fourth-order valence-corrected chi connectivity index (χ4v) is 5.13. The van der Waals surface area contributed by atoms with Crippen molar-refractivity contribution in [2.75, 3.05) is 6.54 Å². The van der Waals surface area contributed by atoms with Crippen molar-refractivity contribution in [1.82, 2.24) is 30.8 Å². The highest BCUT2D eigenvalue weighted by molar-refractivity contribution is 5.94. The molecule has 1 aromatic carbocycles. The van der Waals surface area contributed by atoms with E-state index in [0.29, 0.717) is 31.2 Å². The maximum Gasteiger partial charge on any atom is 0.407 e. The van der Waals surface area contributed by atoms with E-state index in [9.17, 15) is 24.0 Å². The van der Waals surface area contributed by atoms with E-state index in [1.165, 1.54) is 6.33 Å². The maximum absolute atomic E-state index is 13.6. The van der Waals surface area contributed by atoms with Gasteiger partial charge in [-0.25, -0.2) is 9.78 Å². The molecule has 4 rings (SSSR count). The van der Waals surface area contributed by atoms with Crippen LogP contribution in [0.2, 0.25) is 0 Å². The molecule has 4 amide bonds. The van der Waals surface area contributed by atoms with Gasteiger partial charge < -0.3 is 35.4 Å². The van der Waals surface area contributed by atoms with Crippen molar-refractivity contribution in [3.8, 4) is 0 Å². The molecule has 0 saturated carbocycles. The second-order valence-corrected chi connectivity index (χ2v) is 9.83. The first-order valence-electron chi connectivity index (χ1n) is 13.2. The second kappa shape index (κ2) is 13.5. The number of rotatable bonds is 10. The molecule has 0 radical (unpaired) electrons. The summed E-state index contributed by atoms with van der Waals surface area (Å²) < 4.78 is 5.12. The molecule has 0 spiro atoms. The number of carbonyl (C=O) groups excluding carboxylic acids is 5. The Labute approximate surface area is 226 Å². The van der Waals surface area contributed by atoms with E-state index in [1.54, 1.807) is 11.1 Å². The molecule has 2 saturated heterocycles. The van der Waals surface area contributed by atoms with Crippen LogP contribution in [0, 0.1) is 0 Å². The van der Waals surface area contributed by atoms with Gasteiger partial charge in [0.2, 0.25) is 17.7 Å². The van der Waals surface area contributed by atoms with E-state index in [2.05, 4.69) is 25.9 Å². The summed E-state index contributed by atoms with van der Waals surface area (Å²) in [6, 6.07) is 6.72. The number of aldehydes is 1. The van der Waals surface area contributed by atoms with Crippen molar-refractivity contribution in [2.24, 2.45) is 0 Å². The van der Waals surface area contributed by atoms with E-state index in [4.69, 9.17) is 4.74 Å². The van der Waals surface area contributed by atoms with Crippen LogP contribution in [0.3, 0.4) is 0 Å². The predicted molar refractivity (Wildman–Crippen MR) is 139 cm³/mol. The third-order valence-electron chi connectivity index (χ3n) is 7.05. The van der Waals surface area contributed by atoms with Crippen LogP contribution in [0.15, 0.2) is 42.9 Å². The molecule has 0 aliphatic carbocycles. The Bertz CT molecular complexity index is 1140. The first kappa shape index (κ1) is 27.8. The van der Waals surface area contributed by atoms with Crippen molar-refractivity contribution < 1.29 is 28.7 Å². The number of aromatic amines is 1. The molecular weight excluding hydrogens is 504 g/mol. The first-order valence-corrected chi connectivity index (χ1v) is 13.2. The smallest absolute Gasteiger partial charge is 0.407 e. The molecular formula is C27H34N6O6. The van der Waals surface area contributed by atoms with Crippen molar-refractivity contribution in [2.45, 2.75) is 75.7 Å². The number of nitrogens with zero attached hydrogens (tertiary/aromatic N) is 2. The average Bonchev–Trinajstić information content (AvgIpc) is 3.61. The molecule has 1 aromatic heterocycles. The van der Waals surface area contributed by atoms with E-state index >= 15 is 0 Å². The van der Waals surface area contributed by atoms with Crippen molar-refractivity contribution >= 4 is 30.1 Å². The van der Waals surface area contributed by atoms with Crippen molar-refractivity contribution in [3.05, 3.63) is 54.1 Å². The summed E-state index contributed by atoms with van der Waals surface area (Å²) in [7, 11) is 0. The van der Waals surface area contributed by atoms with E-state index < -0.39 is 36.0 Å². The lowest BCUT2D eigenvalue weighted by Crippen LogP contribution is -2.58. The average molecular weight is 539 g/mol. The number of benzene rings is 1. The third kappa shape index (κ3) is 7.65. The van der Waals surface area contributed by atoms with Crippen LogP contribution in [0.25, 0.3) is 0 Å². The molecule has 2 aromatic rings. The fraction of sp³-hybridized carbons (Fsp3) is 0.481.